The fraction of sp³-hybridized carbons (Fsp3) is 0.615. The van der Waals surface area contributed by atoms with E-state index in [4.69, 9.17) is 9.47 Å². The lowest BCUT2D eigenvalue weighted by Crippen LogP contribution is -2.48. The van der Waals surface area contributed by atoms with Crippen LogP contribution in [0.15, 0.2) is 24.5 Å². The van der Waals surface area contributed by atoms with E-state index >= 15 is 0 Å². The summed E-state index contributed by atoms with van der Waals surface area (Å²) in [5.74, 6) is -0.429. The lowest BCUT2D eigenvalue weighted by Gasteiger charge is -2.35. The Labute approximate surface area is 102 Å². The molecule has 1 aliphatic rings. The zero-order valence-electron chi connectivity index (χ0n) is 10.5. The van der Waals surface area contributed by atoms with Gasteiger partial charge in [0.15, 0.2) is 5.79 Å². The molecule has 1 aromatic rings. The van der Waals surface area contributed by atoms with Crippen LogP contribution in [0.1, 0.15) is 19.4 Å². The van der Waals surface area contributed by atoms with Crippen LogP contribution in [-0.4, -0.2) is 36.6 Å². The maximum absolute atomic E-state index is 5.58. The predicted molar refractivity (Wildman–Crippen MR) is 65.7 cm³/mol. The van der Waals surface area contributed by atoms with E-state index in [2.05, 4.69) is 16.4 Å². The molecule has 0 amide bonds. The van der Waals surface area contributed by atoms with E-state index in [-0.39, 0.29) is 0 Å². The van der Waals surface area contributed by atoms with Crippen molar-refractivity contribution in [2.24, 2.45) is 0 Å². The average molecular weight is 236 g/mol. The van der Waals surface area contributed by atoms with Gasteiger partial charge >= 0.3 is 0 Å². The Balaban J connectivity index is 1.67. The van der Waals surface area contributed by atoms with Gasteiger partial charge in [0, 0.05) is 12.4 Å². The molecule has 0 aromatic carbocycles. The lowest BCUT2D eigenvalue weighted by atomic mass is 10.2. The molecule has 0 atom stereocenters. The molecule has 1 aromatic heterocycles. The van der Waals surface area contributed by atoms with Gasteiger partial charge in [-0.05, 0) is 38.4 Å². The highest BCUT2D eigenvalue weighted by Gasteiger charge is 2.27. The molecule has 1 fully saturated rings. The Morgan fingerprint density at radius 1 is 1.41 bits per heavy atom. The van der Waals surface area contributed by atoms with Crippen molar-refractivity contribution in [2.45, 2.75) is 32.1 Å². The van der Waals surface area contributed by atoms with Crippen LogP contribution in [0, 0.1) is 0 Å². The van der Waals surface area contributed by atoms with Crippen LogP contribution in [0.25, 0.3) is 0 Å². The molecule has 0 saturated carbocycles. The number of hydrogen-bond donors (Lipinski definition) is 1. The van der Waals surface area contributed by atoms with Crippen LogP contribution in [0.2, 0.25) is 0 Å². The van der Waals surface area contributed by atoms with Crippen molar-refractivity contribution >= 4 is 0 Å². The number of aromatic nitrogens is 1. The first-order valence-corrected chi connectivity index (χ1v) is 6.06. The van der Waals surface area contributed by atoms with Gasteiger partial charge in [-0.3, -0.25) is 4.98 Å². The minimum Gasteiger partial charge on any atom is -0.349 e. The third kappa shape index (κ3) is 4.07. The van der Waals surface area contributed by atoms with E-state index in [0.29, 0.717) is 19.3 Å². The van der Waals surface area contributed by atoms with Gasteiger partial charge in [-0.2, -0.15) is 0 Å². The quantitative estimate of drug-likeness (QED) is 0.857. The Morgan fingerprint density at radius 2 is 2.18 bits per heavy atom. The summed E-state index contributed by atoms with van der Waals surface area (Å²) in [6, 6.07) is 4.34. The summed E-state index contributed by atoms with van der Waals surface area (Å²) in [5.41, 5.74) is 1.25. The number of pyridine rings is 1. The molecule has 0 unspecified atom stereocenters. The Hall–Kier alpha value is -0.970. The van der Waals surface area contributed by atoms with Crippen LogP contribution in [0.4, 0.5) is 0 Å². The molecule has 0 bridgehead atoms. The van der Waals surface area contributed by atoms with Gasteiger partial charge < -0.3 is 14.8 Å². The first-order valence-electron chi connectivity index (χ1n) is 6.06. The normalized spacial score (nSPS) is 20.4. The van der Waals surface area contributed by atoms with Crippen LogP contribution < -0.4 is 5.32 Å². The van der Waals surface area contributed by atoms with Crippen molar-refractivity contribution in [3.63, 3.8) is 0 Å². The Morgan fingerprint density at radius 3 is 2.82 bits per heavy atom. The van der Waals surface area contributed by atoms with E-state index in [1.165, 1.54) is 5.56 Å². The number of nitrogens with one attached hydrogen (secondary N) is 1. The highest BCUT2D eigenvalue weighted by Crippen LogP contribution is 2.16. The van der Waals surface area contributed by atoms with Crippen molar-refractivity contribution in [3.8, 4) is 0 Å². The molecule has 4 nitrogen and oxygen atoms in total. The SMILES string of the molecule is CC1(C)OCC(NCCc2cccnc2)CO1. The largest absolute Gasteiger partial charge is 0.349 e. The number of rotatable bonds is 4. The Bertz CT molecular complexity index is 331. The van der Waals surface area contributed by atoms with Crippen LogP contribution in [0.5, 0.6) is 0 Å². The van der Waals surface area contributed by atoms with Gasteiger partial charge in [0.25, 0.3) is 0 Å². The third-order valence-electron chi connectivity index (χ3n) is 2.83. The smallest absolute Gasteiger partial charge is 0.162 e. The second-order valence-corrected chi connectivity index (χ2v) is 4.78. The van der Waals surface area contributed by atoms with Gasteiger partial charge in [-0.25, -0.2) is 0 Å². The third-order valence-corrected chi connectivity index (χ3v) is 2.83. The monoisotopic (exact) mass is 236 g/mol. The van der Waals surface area contributed by atoms with Crippen molar-refractivity contribution in [1.29, 1.82) is 0 Å². The zero-order valence-corrected chi connectivity index (χ0v) is 10.5. The summed E-state index contributed by atoms with van der Waals surface area (Å²) in [6.45, 7) is 6.22. The highest BCUT2D eigenvalue weighted by molar-refractivity contribution is 5.08. The molecule has 2 rings (SSSR count). The van der Waals surface area contributed by atoms with Gasteiger partial charge in [0.1, 0.15) is 0 Å². The number of hydrogen-bond acceptors (Lipinski definition) is 4. The molecular weight excluding hydrogens is 216 g/mol. The number of ether oxygens (including phenoxy) is 2. The van der Waals surface area contributed by atoms with Gasteiger partial charge in [-0.15, -0.1) is 0 Å². The maximum Gasteiger partial charge on any atom is 0.162 e. The van der Waals surface area contributed by atoms with E-state index in [1.54, 1.807) is 6.20 Å². The molecule has 17 heavy (non-hydrogen) atoms. The standard InChI is InChI=1S/C13H20N2O2/c1-13(2)16-9-12(10-17-13)15-7-5-11-4-3-6-14-8-11/h3-4,6,8,12,15H,5,7,9-10H2,1-2H3. The van der Waals surface area contributed by atoms with Gasteiger partial charge in [0.2, 0.25) is 0 Å². The number of nitrogens with zero attached hydrogens (tertiary/aromatic N) is 1. The molecule has 0 radical (unpaired) electrons. The molecule has 0 spiro atoms. The van der Waals surface area contributed by atoms with E-state index in [1.807, 2.05) is 26.1 Å². The van der Waals surface area contributed by atoms with E-state index in [0.717, 1.165) is 13.0 Å². The summed E-state index contributed by atoms with van der Waals surface area (Å²) < 4.78 is 11.2. The molecular formula is C13H20N2O2. The summed E-state index contributed by atoms with van der Waals surface area (Å²) in [6.07, 6.45) is 4.67. The molecule has 1 N–H and O–H groups in total. The van der Waals surface area contributed by atoms with Crippen LogP contribution in [-0.2, 0) is 15.9 Å². The summed E-state index contributed by atoms with van der Waals surface area (Å²) in [5, 5.41) is 3.43. The molecule has 0 aliphatic carbocycles. The van der Waals surface area contributed by atoms with Gasteiger partial charge in [0.05, 0.1) is 19.3 Å². The average Bonchev–Trinajstić information content (AvgIpc) is 2.33. The van der Waals surface area contributed by atoms with Crippen molar-refractivity contribution in [1.82, 2.24) is 10.3 Å². The Kier molecular flexibility index (Phi) is 4.10. The second kappa shape index (κ2) is 5.58. The fourth-order valence-electron chi connectivity index (χ4n) is 1.78. The maximum atomic E-state index is 5.58. The minimum absolute atomic E-state index is 0.291. The van der Waals surface area contributed by atoms with E-state index < -0.39 is 5.79 Å². The molecule has 94 valence electrons. The first kappa shape index (κ1) is 12.5. The molecule has 4 heteroatoms. The molecule has 2 heterocycles. The summed E-state index contributed by atoms with van der Waals surface area (Å²) in [7, 11) is 0. The van der Waals surface area contributed by atoms with Crippen molar-refractivity contribution in [2.75, 3.05) is 19.8 Å². The van der Waals surface area contributed by atoms with Crippen LogP contribution >= 0.6 is 0 Å². The topological polar surface area (TPSA) is 43.4 Å². The van der Waals surface area contributed by atoms with Gasteiger partial charge in [-0.1, -0.05) is 6.07 Å². The lowest BCUT2D eigenvalue weighted by molar-refractivity contribution is -0.252. The van der Waals surface area contributed by atoms with E-state index in [9.17, 15) is 0 Å². The first-order chi connectivity index (χ1) is 8.16. The second-order valence-electron chi connectivity index (χ2n) is 4.78. The van der Waals surface area contributed by atoms with Crippen LogP contribution in [0.3, 0.4) is 0 Å². The summed E-state index contributed by atoms with van der Waals surface area (Å²) in [4.78, 5) is 4.09. The molecule has 1 aliphatic heterocycles. The highest BCUT2D eigenvalue weighted by atomic mass is 16.7. The minimum atomic E-state index is -0.429. The zero-order chi connectivity index (χ0) is 12.1. The van der Waals surface area contributed by atoms with Crippen molar-refractivity contribution < 1.29 is 9.47 Å². The summed E-state index contributed by atoms with van der Waals surface area (Å²) >= 11 is 0. The van der Waals surface area contributed by atoms with Crippen molar-refractivity contribution in [3.05, 3.63) is 30.1 Å². The predicted octanol–water partition coefficient (Wildman–Crippen LogP) is 1.37. The fourth-order valence-corrected chi connectivity index (χ4v) is 1.78. The molecule has 1 saturated heterocycles.